The van der Waals surface area contributed by atoms with E-state index < -0.39 is 0 Å². The fourth-order valence-electron chi connectivity index (χ4n) is 2.61. The number of piperazine rings is 1. The lowest BCUT2D eigenvalue weighted by atomic mass is 10.1. The van der Waals surface area contributed by atoms with Gasteiger partial charge in [0, 0.05) is 26.2 Å². The third-order valence-electron chi connectivity index (χ3n) is 3.69. The van der Waals surface area contributed by atoms with Crippen LogP contribution in [0, 0.1) is 0 Å². The highest BCUT2D eigenvalue weighted by Gasteiger charge is 2.08. The zero-order valence-corrected chi connectivity index (χ0v) is 12.9. The third-order valence-corrected chi connectivity index (χ3v) is 3.69. The summed E-state index contributed by atoms with van der Waals surface area (Å²) < 4.78 is 5.66. The maximum absolute atomic E-state index is 5.66. The highest BCUT2D eigenvalue weighted by atomic mass is 16.5. The molecule has 1 aliphatic heterocycles. The molecule has 0 atom stereocenters. The van der Waals surface area contributed by atoms with Crippen LogP contribution in [0.2, 0.25) is 0 Å². The van der Waals surface area contributed by atoms with Crippen LogP contribution in [0.5, 0.6) is 5.75 Å². The van der Waals surface area contributed by atoms with Gasteiger partial charge >= 0.3 is 0 Å². The van der Waals surface area contributed by atoms with Crippen molar-refractivity contribution in [3.8, 4) is 5.75 Å². The summed E-state index contributed by atoms with van der Waals surface area (Å²) in [5.41, 5.74) is 1.42. The van der Waals surface area contributed by atoms with Crippen molar-refractivity contribution in [2.75, 3.05) is 32.7 Å². The van der Waals surface area contributed by atoms with Crippen molar-refractivity contribution in [3.05, 3.63) is 29.8 Å². The lowest BCUT2D eigenvalue weighted by Crippen LogP contribution is -2.43. The molecule has 0 spiro atoms. The predicted octanol–water partition coefficient (Wildman–Crippen LogP) is 2.70. The first-order chi connectivity index (χ1) is 9.74. The van der Waals surface area contributed by atoms with E-state index in [2.05, 4.69) is 48.3 Å². The predicted molar refractivity (Wildman–Crippen MR) is 84.5 cm³/mol. The molecular formula is C17H28N2O. The first kappa shape index (κ1) is 15.3. The summed E-state index contributed by atoms with van der Waals surface area (Å²) in [6, 6.07) is 8.57. The zero-order valence-electron chi connectivity index (χ0n) is 12.9. The van der Waals surface area contributed by atoms with Crippen LogP contribution >= 0.6 is 0 Å². The number of unbranched alkanes of at least 4 members (excludes halogenated alkanes) is 1. The maximum Gasteiger partial charge on any atom is 0.119 e. The second-order valence-electron chi connectivity index (χ2n) is 5.86. The van der Waals surface area contributed by atoms with Gasteiger partial charge in [-0.25, -0.2) is 0 Å². The van der Waals surface area contributed by atoms with Crippen molar-refractivity contribution in [2.45, 2.75) is 39.2 Å². The largest absolute Gasteiger partial charge is 0.491 e. The van der Waals surface area contributed by atoms with Crippen molar-refractivity contribution < 1.29 is 4.74 Å². The lowest BCUT2D eigenvalue weighted by Gasteiger charge is -2.27. The van der Waals surface area contributed by atoms with Crippen LogP contribution in [-0.4, -0.2) is 43.7 Å². The van der Waals surface area contributed by atoms with E-state index in [4.69, 9.17) is 4.74 Å². The Morgan fingerprint density at radius 2 is 1.80 bits per heavy atom. The van der Waals surface area contributed by atoms with Gasteiger partial charge in [-0.15, -0.1) is 0 Å². The van der Waals surface area contributed by atoms with Gasteiger partial charge in [-0.05, 0) is 57.4 Å². The molecule has 0 bridgehead atoms. The van der Waals surface area contributed by atoms with Crippen molar-refractivity contribution in [3.63, 3.8) is 0 Å². The quantitative estimate of drug-likeness (QED) is 0.775. The molecule has 0 unspecified atom stereocenters. The molecule has 2 rings (SSSR count). The van der Waals surface area contributed by atoms with E-state index in [-0.39, 0.29) is 6.10 Å². The Morgan fingerprint density at radius 3 is 2.45 bits per heavy atom. The summed E-state index contributed by atoms with van der Waals surface area (Å²) in [6.07, 6.45) is 3.99. The van der Waals surface area contributed by atoms with Gasteiger partial charge in [0.2, 0.25) is 0 Å². The minimum Gasteiger partial charge on any atom is -0.491 e. The van der Waals surface area contributed by atoms with Gasteiger partial charge in [0.05, 0.1) is 6.10 Å². The molecule has 0 radical (unpaired) electrons. The molecule has 0 saturated carbocycles. The number of nitrogens with zero attached hydrogens (tertiary/aromatic N) is 1. The van der Waals surface area contributed by atoms with Crippen LogP contribution < -0.4 is 10.1 Å². The summed E-state index contributed by atoms with van der Waals surface area (Å²) in [7, 11) is 0. The molecule has 1 aromatic rings. The molecule has 3 heteroatoms. The number of hydrogen-bond acceptors (Lipinski definition) is 3. The molecule has 1 saturated heterocycles. The molecule has 20 heavy (non-hydrogen) atoms. The number of aryl methyl sites for hydroxylation is 1. The molecule has 0 aliphatic carbocycles. The first-order valence-corrected chi connectivity index (χ1v) is 7.93. The molecule has 112 valence electrons. The topological polar surface area (TPSA) is 24.5 Å². The van der Waals surface area contributed by atoms with Gasteiger partial charge in [0.1, 0.15) is 5.75 Å². The van der Waals surface area contributed by atoms with E-state index in [1.807, 2.05) is 0 Å². The first-order valence-electron chi connectivity index (χ1n) is 7.93. The summed E-state index contributed by atoms with van der Waals surface area (Å²) >= 11 is 0. The normalized spacial score (nSPS) is 16.6. The molecule has 1 fully saturated rings. The Morgan fingerprint density at radius 1 is 1.10 bits per heavy atom. The number of ether oxygens (including phenoxy) is 1. The molecule has 0 amide bonds. The highest BCUT2D eigenvalue weighted by Crippen LogP contribution is 2.15. The maximum atomic E-state index is 5.66. The van der Waals surface area contributed by atoms with Crippen LogP contribution in [0.1, 0.15) is 32.3 Å². The summed E-state index contributed by atoms with van der Waals surface area (Å²) in [5, 5.41) is 3.40. The third kappa shape index (κ3) is 5.51. The Kier molecular flexibility index (Phi) is 6.34. The van der Waals surface area contributed by atoms with Crippen LogP contribution in [0.15, 0.2) is 24.3 Å². The van der Waals surface area contributed by atoms with E-state index >= 15 is 0 Å². The van der Waals surface area contributed by atoms with Gasteiger partial charge in [-0.2, -0.15) is 0 Å². The van der Waals surface area contributed by atoms with Crippen LogP contribution in [0.3, 0.4) is 0 Å². The highest BCUT2D eigenvalue weighted by molar-refractivity contribution is 5.27. The molecule has 3 nitrogen and oxygen atoms in total. The van der Waals surface area contributed by atoms with E-state index in [1.54, 1.807) is 0 Å². The summed E-state index contributed by atoms with van der Waals surface area (Å²) in [6.45, 7) is 10.1. The fourth-order valence-corrected chi connectivity index (χ4v) is 2.61. The fraction of sp³-hybridized carbons (Fsp3) is 0.647. The molecular weight excluding hydrogens is 248 g/mol. The van der Waals surface area contributed by atoms with Gasteiger partial charge in [0.15, 0.2) is 0 Å². The molecule has 1 aromatic carbocycles. The standard InChI is InChI=1S/C17H28N2O/c1-15(2)20-17-8-6-16(7-9-17)5-3-4-12-19-13-10-18-11-14-19/h6-9,15,18H,3-5,10-14H2,1-2H3. The SMILES string of the molecule is CC(C)Oc1ccc(CCCCN2CCNCC2)cc1. The van der Waals surface area contributed by atoms with E-state index in [0.717, 1.165) is 18.8 Å². The number of rotatable bonds is 7. The van der Waals surface area contributed by atoms with Crippen molar-refractivity contribution in [1.82, 2.24) is 10.2 Å². The molecule has 0 aromatic heterocycles. The minimum absolute atomic E-state index is 0.250. The van der Waals surface area contributed by atoms with Crippen LogP contribution in [-0.2, 0) is 6.42 Å². The Hall–Kier alpha value is -1.06. The second-order valence-corrected chi connectivity index (χ2v) is 5.86. The van der Waals surface area contributed by atoms with Crippen LogP contribution in [0.4, 0.5) is 0 Å². The van der Waals surface area contributed by atoms with Gasteiger partial charge < -0.3 is 15.0 Å². The number of hydrogen-bond donors (Lipinski definition) is 1. The lowest BCUT2D eigenvalue weighted by molar-refractivity contribution is 0.237. The second kappa shape index (κ2) is 8.28. The van der Waals surface area contributed by atoms with E-state index in [9.17, 15) is 0 Å². The Labute approximate surface area is 123 Å². The van der Waals surface area contributed by atoms with Gasteiger partial charge in [-0.1, -0.05) is 12.1 Å². The average molecular weight is 276 g/mol. The van der Waals surface area contributed by atoms with Gasteiger partial charge in [0.25, 0.3) is 0 Å². The monoisotopic (exact) mass is 276 g/mol. The summed E-state index contributed by atoms with van der Waals surface area (Å²) in [4.78, 5) is 2.57. The van der Waals surface area contributed by atoms with E-state index in [1.165, 1.54) is 44.5 Å². The molecule has 1 heterocycles. The van der Waals surface area contributed by atoms with Crippen molar-refractivity contribution in [1.29, 1.82) is 0 Å². The minimum atomic E-state index is 0.250. The average Bonchev–Trinajstić information content (AvgIpc) is 2.46. The van der Waals surface area contributed by atoms with Crippen molar-refractivity contribution in [2.24, 2.45) is 0 Å². The van der Waals surface area contributed by atoms with E-state index in [0.29, 0.717) is 0 Å². The number of benzene rings is 1. The number of nitrogens with one attached hydrogen (secondary N) is 1. The Bertz CT molecular complexity index is 369. The summed E-state index contributed by atoms with van der Waals surface area (Å²) in [5.74, 6) is 0.976. The van der Waals surface area contributed by atoms with Crippen molar-refractivity contribution >= 4 is 0 Å². The molecule has 1 aliphatic rings. The van der Waals surface area contributed by atoms with Gasteiger partial charge in [-0.3, -0.25) is 0 Å². The molecule has 1 N–H and O–H groups in total. The zero-order chi connectivity index (χ0) is 14.2. The van der Waals surface area contributed by atoms with Crippen LogP contribution in [0.25, 0.3) is 0 Å². The smallest absolute Gasteiger partial charge is 0.119 e. The Balaban J connectivity index is 1.63.